The van der Waals surface area contributed by atoms with E-state index in [0.717, 1.165) is 24.2 Å². The van der Waals surface area contributed by atoms with Crippen molar-refractivity contribution in [3.63, 3.8) is 0 Å². The lowest BCUT2D eigenvalue weighted by atomic mass is 10.0. The molecule has 0 aliphatic carbocycles. The Kier molecular flexibility index (Phi) is 3.64. The summed E-state index contributed by atoms with van der Waals surface area (Å²) in [6.07, 6.45) is 3.35. The Morgan fingerprint density at radius 1 is 1.48 bits per heavy atom. The summed E-state index contributed by atoms with van der Waals surface area (Å²) in [5, 5.41) is 4.24. The van der Waals surface area contributed by atoms with Gasteiger partial charge in [0.05, 0.1) is 19.9 Å². The first kappa shape index (κ1) is 13.7. The van der Waals surface area contributed by atoms with Gasteiger partial charge in [0.1, 0.15) is 5.75 Å². The lowest BCUT2D eigenvalue weighted by molar-refractivity contribution is 0.102. The number of ketones is 1. The van der Waals surface area contributed by atoms with Gasteiger partial charge in [-0.25, -0.2) is 0 Å². The molecule has 0 fully saturated rings. The predicted octanol–water partition coefficient (Wildman–Crippen LogP) is 2.47. The van der Waals surface area contributed by atoms with Gasteiger partial charge in [0.15, 0.2) is 11.4 Å². The molecule has 0 saturated carbocycles. The molecule has 0 saturated heterocycles. The van der Waals surface area contributed by atoms with Crippen molar-refractivity contribution < 1.29 is 14.3 Å². The number of carbonyl (C=O) groups is 1. The van der Waals surface area contributed by atoms with Crippen LogP contribution in [0.1, 0.15) is 35.0 Å². The molecular formula is C16H18N2O3. The maximum Gasteiger partial charge on any atom is 0.214 e. The molecule has 2 aromatic rings. The third-order valence-corrected chi connectivity index (χ3v) is 3.63. The topological polar surface area (TPSA) is 53.4 Å². The molecule has 0 N–H and O–H groups in total. The summed E-state index contributed by atoms with van der Waals surface area (Å²) < 4.78 is 12.5. The molecule has 1 aliphatic rings. The second-order valence-corrected chi connectivity index (χ2v) is 5.03. The van der Waals surface area contributed by atoms with Crippen LogP contribution in [0, 0.1) is 0 Å². The van der Waals surface area contributed by atoms with Crippen molar-refractivity contribution >= 4 is 5.78 Å². The van der Waals surface area contributed by atoms with Crippen LogP contribution >= 0.6 is 0 Å². The fraction of sp³-hybridized carbons (Fsp3) is 0.375. The molecule has 0 amide bonds. The minimum Gasteiger partial charge on any atom is -0.493 e. The van der Waals surface area contributed by atoms with Crippen LogP contribution in [-0.2, 0) is 13.0 Å². The summed E-state index contributed by atoms with van der Waals surface area (Å²) in [5.74, 6) is 1.33. The molecule has 0 radical (unpaired) electrons. The van der Waals surface area contributed by atoms with Crippen LogP contribution in [0.4, 0.5) is 0 Å². The summed E-state index contributed by atoms with van der Waals surface area (Å²) >= 11 is 0. The molecule has 0 bridgehead atoms. The van der Waals surface area contributed by atoms with Gasteiger partial charge in [-0.2, -0.15) is 5.10 Å². The minimum absolute atomic E-state index is 0.0625. The van der Waals surface area contributed by atoms with Gasteiger partial charge < -0.3 is 9.47 Å². The lowest BCUT2D eigenvalue weighted by Crippen LogP contribution is -2.12. The zero-order valence-electron chi connectivity index (χ0n) is 12.3. The number of ether oxygens (including phenoxy) is 2. The van der Waals surface area contributed by atoms with Gasteiger partial charge in [-0.15, -0.1) is 0 Å². The number of aromatic nitrogens is 2. The van der Waals surface area contributed by atoms with Gasteiger partial charge in [-0.05, 0) is 30.2 Å². The fourth-order valence-corrected chi connectivity index (χ4v) is 2.59. The van der Waals surface area contributed by atoms with Gasteiger partial charge >= 0.3 is 0 Å². The predicted molar refractivity (Wildman–Crippen MR) is 78.1 cm³/mol. The molecule has 110 valence electrons. The number of carbonyl (C=O) groups excluding carboxylic acids is 1. The van der Waals surface area contributed by atoms with Crippen LogP contribution in [0.3, 0.4) is 0 Å². The van der Waals surface area contributed by atoms with Crippen LogP contribution in [0.15, 0.2) is 24.4 Å². The van der Waals surface area contributed by atoms with E-state index in [-0.39, 0.29) is 5.78 Å². The van der Waals surface area contributed by atoms with Crippen molar-refractivity contribution in [3.05, 3.63) is 41.2 Å². The number of fused-ring (bicyclic) bond motifs is 1. The summed E-state index contributed by atoms with van der Waals surface area (Å²) in [5.41, 5.74) is 2.25. The molecule has 0 atom stereocenters. The highest BCUT2D eigenvalue weighted by Crippen LogP contribution is 2.28. The Hall–Kier alpha value is -2.30. The fourth-order valence-electron chi connectivity index (χ4n) is 2.59. The molecule has 21 heavy (non-hydrogen) atoms. The number of nitrogens with zero attached hydrogens (tertiary/aromatic N) is 2. The van der Waals surface area contributed by atoms with E-state index in [9.17, 15) is 4.79 Å². The van der Waals surface area contributed by atoms with Crippen LogP contribution in [0.2, 0.25) is 0 Å². The molecule has 1 aromatic carbocycles. The largest absolute Gasteiger partial charge is 0.493 e. The van der Waals surface area contributed by atoms with Crippen molar-refractivity contribution in [2.24, 2.45) is 0 Å². The van der Waals surface area contributed by atoms with E-state index in [0.29, 0.717) is 30.2 Å². The first-order chi connectivity index (χ1) is 10.2. The smallest absolute Gasteiger partial charge is 0.214 e. The number of hydrogen-bond donors (Lipinski definition) is 0. The highest BCUT2D eigenvalue weighted by molar-refractivity contribution is 6.09. The minimum atomic E-state index is -0.0625. The first-order valence-electron chi connectivity index (χ1n) is 7.14. The average Bonchev–Trinajstić information content (AvgIpc) is 3.12. The molecule has 5 nitrogen and oxygen atoms in total. The molecular weight excluding hydrogens is 268 g/mol. The second kappa shape index (κ2) is 5.60. The summed E-state index contributed by atoms with van der Waals surface area (Å²) in [7, 11) is 1.56. The zero-order chi connectivity index (χ0) is 14.8. The number of aryl methyl sites for hydroxylation is 1. The van der Waals surface area contributed by atoms with Crippen molar-refractivity contribution in [1.29, 1.82) is 0 Å². The molecule has 1 aliphatic heterocycles. The molecule has 1 aromatic heterocycles. The average molecular weight is 286 g/mol. The van der Waals surface area contributed by atoms with E-state index in [2.05, 4.69) is 12.0 Å². The summed E-state index contributed by atoms with van der Waals surface area (Å²) in [6.45, 7) is 3.43. The van der Waals surface area contributed by atoms with Crippen LogP contribution < -0.4 is 9.47 Å². The van der Waals surface area contributed by atoms with Crippen molar-refractivity contribution in [2.45, 2.75) is 26.3 Å². The molecule has 5 heteroatoms. The zero-order valence-corrected chi connectivity index (χ0v) is 12.3. The quantitative estimate of drug-likeness (QED) is 0.792. The van der Waals surface area contributed by atoms with Gasteiger partial charge in [0.2, 0.25) is 5.78 Å². The maximum atomic E-state index is 12.8. The van der Waals surface area contributed by atoms with Crippen LogP contribution in [-0.4, -0.2) is 29.3 Å². The monoisotopic (exact) mass is 286 g/mol. The Morgan fingerprint density at radius 2 is 2.33 bits per heavy atom. The van der Waals surface area contributed by atoms with E-state index in [4.69, 9.17) is 9.47 Å². The van der Waals surface area contributed by atoms with Gasteiger partial charge in [0.25, 0.3) is 0 Å². The maximum absolute atomic E-state index is 12.8. The normalized spacial score (nSPS) is 12.9. The first-order valence-corrected chi connectivity index (χ1v) is 7.14. The standard InChI is InChI=1S/C16H18N2O3/c1-3-7-18-15(14(20-2)10-17-18)16(19)12-4-5-13-11(9-12)6-8-21-13/h4-5,9-10H,3,6-8H2,1-2H3. The third kappa shape index (κ3) is 2.39. The summed E-state index contributed by atoms with van der Waals surface area (Å²) in [4.78, 5) is 12.8. The Morgan fingerprint density at radius 3 is 3.10 bits per heavy atom. The highest BCUT2D eigenvalue weighted by Gasteiger charge is 2.22. The van der Waals surface area contributed by atoms with Gasteiger partial charge in [-0.3, -0.25) is 9.48 Å². The number of benzene rings is 1. The van der Waals surface area contributed by atoms with E-state index in [1.165, 1.54) is 0 Å². The SMILES string of the molecule is CCCn1ncc(OC)c1C(=O)c1ccc2c(c1)CCO2. The highest BCUT2D eigenvalue weighted by atomic mass is 16.5. The van der Waals surface area contributed by atoms with E-state index >= 15 is 0 Å². The molecule has 0 unspecified atom stereocenters. The van der Waals surface area contributed by atoms with E-state index in [1.807, 2.05) is 12.1 Å². The number of methoxy groups -OCH3 is 1. The molecule has 3 rings (SSSR count). The second-order valence-electron chi connectivity index (χ2n) is 5.03. The molecule has 2 heterocycles. The number of rotatable bonds is 5. The Bertz CT molecular complexity index is 676. The third-order valence-electron chi connectivity index (χ3n) is 3.63. The van der Waals surface area contributed by atoms with Crippen LogP contribution in [0.5, 0.6) is 11.5 Å². The van der Waals surface area contributed by atoms with Crippen LogP contribution in [0.25, 0.3) is 0 Å². The van der Waals surface area contributed by atoms with Crippen molar-refractivity contribution in [2.75, 3.05) is 13.7 Å². The van der Waals surface area contributed by atoms with E-state index in [1.54, 1.807) is 24.1 Å². The van der Waals surface area contributed by atoms with Crippen molar-refractivity contribution in [3.8, 4) is 11.5 Å². The Balaban J connectivity index is 2.00. The van der Waals surface area contributed by atoms with Gasteiger partial charge in [0, 0.05) is 18.5 Å². The summed E-state index contributed by atoms with van der Waals surface area (Å²) in [6, 6.07) is 5.57. The molecule has 0 spiro atoms. The van der Waals surface area contributed by atoms with Gasteiger partial charge in [-0.1, -0.05) is 6.92 Å². The van der Waals surface area contributed by atoms with E-state index < -0.39 is 0 Å². The van der Waals surface area contributed by atoms with Crippen molar-refractivity contribution in [1.82, 2.24) is 9.78 Å². The lowest BCUT2D eigenvalue weighted by Gasteiger charge is -2.08. The number of hydrogen-bond acceptors (Lipinski definition) is 4. The Labute approximate surface area is 123 Å².